The van der Waals surface area contributed by atoms with Crippen LogP contribution in [0.1, 0.15) is 42.9 Å². The van der Waals surface area contributed by atoms with E-state index in [0.717, 1.165) is 0 Å². The van der Waals surface area contributed by atoms with E-state index in [9.17, 15) is 18.3 Å². The predicted molar refractivity (Wildman–Crippen MR) is 63.0 cm³/mol. The molecule has 1 aliphatic rings. The summed E-state index contributed by atoms with van der Waals surface area (Å²) >= 11 is 0. The molecule has 1 nitrogen and oxygen atoms in total. The summed E-state index contributed by atoms with van der Waals surface area (Å²) in [5, 5.41) is 10.2. The third-order valence-electron chi connectivity index (χ3n) is 3.76. The van der Waals surface area contributed by atoms with Gasteiger partial charge in [-0.15, -0.1) is 0 Å². The van der Waals surface area contributed by atoms with E-state index in [0.29, 0.717) is 24.0 Å². The average Bonchev–Trinajstić information content (AvgIpc) is 2.28. The number of hydrogen-bond donors (Lipinski definition) is 1. The van der Waals surface area contributed by atoms with E-state index >= 15 is 0 Å². The summed E-state index contributed by atoms with van der Waals surface area (Å²) in [6.45, 7) is 1.72. The van der Waals surface area contributed by atoms with Gasteiger partial charge in [0.25, 0.3) is 0 Å². The van der Waals surface area contributed by atoms with Gasteiger partial charge in [-0.2, -0.15) is 0 Å². The minimum Gasteiger partial charge on any atom is -0.388 e. The molecule has 18 heavy (non-hydrogen) atoms. The number of aliphatic hydroxyl groups excluding tert-OH is 1. The lowest BCUT2D eigenvalue weighted by Crippen LogP contribution is -2.28. The van der Waals surface area contributed by atoms with E-state index in [1.807, 2.05) is 0 Å². The lowest BCUT2D eigenvalue weighted by molar-refractivity contribution is -0.0627. The molecule has 1 fully saturated rings. The highest BCUT2D eigenvalue weighted by atomic mass is 19.3. The Bertz CT molecular complexity index is 421. The molecular weight excluding hydrogens is 241 g/mol. The zero-order valence-corrected chi connectivity index (χ0v) is 10.3. The highest BCUT2D eigenvalue weighted by molar-refractivity contribution is 5.29. The van der Waals surface area contributed by atoms with Crippen molar-refractivity contribution in [3.05, 3.63) is 35.1 Å². The smallest absolute Gasteiger partial charge is 0.248 e. The number of aliphatic hydroxyl groups is 1. The Balaban J connectivity index is 2.10. The van der Waals surface area contributed by atoms with Crippen molar-refractivity contribution >= 4 is 0 Å². The van der Waals surface area contributed by atoms with Crippen molar-refractivity contribution in [2.75, 3.05) is 0 Å². The molecule has 0 heterocycles. The van der Waals surface area contributed by atoms with Gasteiger partial charge in [0.2, 0.25) is 5.92 Å². The summed E-state index contributed by atoms with van der Waals surface area (Å²) in [4.78, 5) is 0. The monoisotopic (exact) mass is 258 g/mol. The van der Waals surface area contributed by atoms with Crippen LogP contribution in [0.3, 0.4) is 0 Å². The Kier molecular flexibility index (Phi) is 3.66. The normalized spacial score (nSPS) is 21.8. The Morgan fingerprint density at radius 3 is 2.44 bits per heavy atom. The van der Waals surface area contributed by atoms with Crippen molar-refractivity contribution in [2.24, 2.45) is 5.92 Å². The third kappa shape index (κ3) is 2.86. The van der Waals surface area contributed by atoms with E-state index in [4.69, 9.17) is 0 Å². The fraction of sp³-hybridized carbons (Fsp3) is 0.571. The second-order valence-corrected chi connectivity index (χ2v) is 5.14. The molecule has 0 spiro atoms. The van der Waals surface area contributed by atoms with Crippen LogP contribution in [0.25, 0.3) is 0 Å². The van der Waals surface area contributed by atoms with Gasteiger partial charge in [-0.3, -0.25) is 0 Å². The zero-order chi connectivity index (χ0) is 13.3. The second kappa shape index (κ2) is 4.92. The molecular formula is C14H17F3O. The van der Waals surface area contributed by atoms with Gasteiger partial charge in [-0.05, 0) is 48.9 Å². The molecule has 0 amide bonds. The molecule has 1 saturated carbocycles. The molecule has 1 aliphatic carbocycles. The summed E-state index contributed by atoms with van der Waals surface area (Å²) < 4.78 is 39.1. The minimum absolute atomic E-state index is 0.159. The standard InChI is InChI=1S/C14H17F3O/c1-9-8-11(15)2-3-12(9)13(18)10-4-6-14(16,17)7-5-10/h2-3,8,10,13,18H,4-7H2,1H3. The molecule has 1 unspecified atom stereocenters. The lowest BCUT2D eigenvalue weighted by Gasteiger charge is -2.32. The van der Waals surface area contributed by atoms with Crippen molar-refractivity contribution in [3.8, 4) is 0 Å². The fourth-order valence-electron chi connectivity index (χ4n) is 2.60. The Hall–Kier alpha value is -1.03. The molecule has 0 aliphatic heterocycles. The number of rotatable bonds is 2. The first-order valence-corrected chi connectivity index (χ1v) is 6.21. The molecule has 0 aromatic heterocycles. The lowest BCUT2D eigenvalue weighted by atomic mass is 9.80. The molecule has 1 aromatic carbocycles. The quantitative estimate of drug-likeness (QED) is 0.850. The van der Waals surface area contributed by atoms with Crippen LogP contribution in [0.15, 0.2) is 18.2 Å². The number of hydrogen-bond acceptors (Lipinski definition) is 1. The van der Waals surface area contributed by atoms with Crippen LogP contribution in [0.4, 0.5) is 13.2 Å². The Morgan fingerprint density at radius 2 is 1.89 bits per heavy atom. The van der Waals surface area contributed by atoms with Crippen LogP contribution in [0.5, 0.6) is 0 Å². The average molecular weight is 258 g/mol. The molecule has 4 heteroatoms. The molecule has 1 aromatic rings. The first-order chi connectivity index (χ1) is 8.39. The van der Waals surface area contributed by atoms with E-state index in [1.54, 1.807) is 13.0 Å². The second-order valence-electron chi connectivity index (χ2n) is 5.14. The van der Waals surface area contributed by atoms with Gasteiger partial charge < -0.3 is 5.11 Å². The largest absolute Gasteiger partial charge is 0.388 e. The highest BCUT2D eigenvalue weighted by Crippen LogP contribution is 2.41. The van der Waals surface area contributed by atoms with E-state index in [2.05, 4.69) is 0 Å². The molecule has 1 N–H and O–H groups in total. The number of benzene rings is 1. The number of alkyl halides is 2. The van der Waals surface area contributed by atoms with Gasteiger partial charge in [-0.1, -0.05) is 6.07 Å². The number of aryl methyl sites for hydroxylation is 1. The third-order valence-corrected chi connectivity index (χ3v) is 3.76. The van der Waals surface area contributed by atoms with E-state index < -0.39 is 12.0 Å². The van der Waals surface area contributed by atoms with Gasteiger partial charge in [0, 0.05) is 12.8 Å². The van der Waals surface area contributed by atoms with Gasteiger partial charge in [0.1, 0.15) is 5.82 Å². The highest BCUT2D eigenvalue weighted by Gasteiger charge is 2.37. The van der Waals surface area contributed by atoms with Crippen LogP contribution >= 0.6 is 0 Å². The Morgan fingerprint density at radius 1 is 1.28 bits per heavy atom. The van der Waals surface area contributed by atoms with E-state index in [-0.39, 0.29) is 24.6 Å². The SMILES string of the molecule is Cc1cc(F)ccc1C(O)C1CCC(F)(F)CC1. The molecule has 100 valence electrons. The van der Waals surface area contributed by atoms with Gasteiger partial charge in [0.05, 0.1) is 6.10 Å². The summed E-state index contributed by atoms with van der Waals surface area (Å²) in [6.07, 6.45) is -0.499. The summed E-state index contributed by atoms with van der Waals surface area (Å²) in [5.41, 5.74) is 1.31. The molecule has 0 saturated heterocycles. The zero-order valence-electron chi connectivity index (χ0n) is 10.3. The molecule has 0 radical (unpaired) electrons. The number of halogens is 3. The van der Waals surface area contributed by atoms with Crippen LogP contribution in [-0.2, 0) is 0 Å². The van der Waals surface area contributed by atoms with Crippen LogP contribution < -0.4 is 0 Å². The topological polar surface area (TPSA) is 20.2 Å². The van der Waals surface area contributed by atoms with Gasteiger partial charge in [0.15, 0.2) is 0 Å². The van der Waals surface area contributed by atoms with Gasteiger partial charge >= 0.3 is 0 Å². The van der Waals surface area contributed by atoms with Crippen molar-refractivity contribution in [2.45, 2.75) is 44.6 Å². The maximum absolute atomic E-state index is 13.0. The van der Waals surface area contributed by atoms with Crippen LogP contribution in [0, 0.1) is 18.7 Å². The first-order valence-electron chi connectivity index (χ1n) is 6.21. The molecule has 2 rings (SSSR count). The first kappa shape index (κ1) is 13.4. The van der Waals surface area contributed by atoms with Crippen molar-refractivity contribution in [1.82, 2.24) is 0 Å². The predicted octanol–water partition coefficient (Wildman–Crippen LogP) is 3.99. The van der Waals surface area contributed by atoms with E-state index in [1.165, 1.54) is 12.1 Å². The van der Waals surface area contributed by atoms with Crippen molar-refractivity contribution < 1.29 is 18.3 Å². The summed E-state index contributed by atoms with van der Waals surface area (Å²) in [5.74, 6) is -3.10. The van der Waals surface area contributed by atoms with Crippen LogP contribution in [-0.4, -0.2) is 11.0 Å². The maximum Gasteiger partial charge on any atom is 0.248 e. The minimum atomic E-state index is -2.59. The Labute approximate surface area is 105 Å². The van der Waals surface area contributed by atoms with Gasteiger partial charge in [-0.25, -0.2) is 13.2 Å². The summed E-state index contributed by atoms with van der Waals surface area (Å²) in [6, 6.07) is 4.20. The molecule has 1 atom stereocenters. The van der Waals surface area contributed by atoms with Crippen molar-refractivity contribution in [3.63, 3.8) is 0 Å². The fourth-order valence-corrected chi connectivity index (χ4v) is 2.60. The van der Waals surface area contributed by atoms with Crippen molar-refractivity contribution in [1.29, 1.82) is 0 Å². The molecule has 0 bridgehead atoms. The maximum atomic E-state index is 13.0. The van der Waals surface area contributed by atoms with Crippen LogP contribution in [0.2, 0.25) is 0 Å². The summed E-state index contributed by atoms with van der Waals surface area (Å²) in [7, 11) is 0.